The van der Waals surface area contributed by atoms with Crippen molar-refractivity contribution in [2.24, 2.45) is 0 Å². The number of carbonyl (C=O) groups is 1. The highest BCUT2D eigenvalue weighted by atomic mass is 16.5. The van der Waals surface area contributed by atoms with Gasteiger partial charge in [-0.1, -0.05) is 0 Å². The highest BCUT2D eigenvalue weighted by molar-refractivity contribution is 5.88. The summed E-state index contributed by atoms with van der Waals surface area (Å²) in [6.07, 6.45) is -0.558. The van der Waals surface area contributed by atoms with Crippen LogP contribution in [0.3, 0.4) is 0 Å². The standard InChI is InChI=1S/C22H29N3O4/c1-17(26)23-18-3-7-22(8-4-18)29-16-20(27)15-24-11-13-25(14-12-24)19-5-9-21(28-2)10-6-19/h3-10,20,27H,11-16H2,1-2H3,(H,23,26)/t20-/m1/s1. The number of hydrogen-bond donors (Lipinski definition) is 2. The summed E-state index contributed by atoms with van der Waals surface area (Å²) < 4.78 is 10.9. The molecule has 3 rings (SSSR count). The number of nitrogens with one attached hydrogen (secondary N) is 1. The van der Waals surface area contributed by atoms with E-state index >= 15 is 0 Å². The highest BCUT2D eigenvalue weighted by Crippen LogP contribution is 2.21. The first-order valence-electron chi connectivity index (χ1n) is 9.83. The van der Waals surface area contributed by atoms with E-state index < -0.39 is 6.10 Å². The van der Waals surface area contributed by atoms with Gasteiger partial charge in [0.05, 0.1) is 7.11 Å². The molecule has 1 fully saturated rings. The lowest BCUT2D eigenvalue weighted by molar-refractivity contribution is -0.114. The lowest BCUT2D eigenvalue weighted by Crippen LogP contribution is -2.49. The van der Waals surface area contributed by atoms with E-state index in [0.29, 0.717) is 12.3 Å². The van der Waals surface area contributed by atoms with Crippen LogP contribution in [0, 0.1) is 0 Å². The molecule has 0 aliphatic carbocycles. The van der Waals surface area contributed by atoms with Crippen molar-refractivity contribution in [2.45, 2.75) is 13.0 Å². The summed E-state index contributed by atoms with van der Waals surface area (Å²) >= 11 is 0. The molecule has 0 bridgehead atoms. The number of anilines is 2. The number of aliphatic hydroxyl groups is 1. The zero-order valence-electron chi connectivity index (χ0n) is 17.0. The number of hydrogen-bond acceptors (Lipinski definition) is 6. The van der Waals surface area contributed by atoms with Gasteiger partial charge in [0, 0.05) is 51.0 Å². The maximum Gasteiger partial charge on any atom is 0.221 e. The lowest BCUT2D eigenvalue weighted by atomic mass is 10.2. The second-order valence-corrected chi connectivity index (χ2v) is 7.16. The molecule has 0 unspecified atom stereocenters. The van der Waals surface area contributed by atoms with Crippen molar-refractivity contribution in [1.29, 1.82) is 0 Å². The second kappa shape index (κ2) is 10.1. The Morgan fingerprint density at radius 1 is 1.03 bits per heavy atom. The van der Waals surface area contributed by atoms with Crippen molar-refractivity contribution in [1.82, 2.24) is 4.90 Å². The molecule has 156 valence electrons. The Bertz CT molecular complexity index is 772. The summed E-state index contributed by atoms with van der Waals surface area (Å²) in [5.41, 5.74) is 1.91. The van der Waals surface area contributed by atoms with Crippen LogP contribution < -0.4 is 19.7 Å². The number of piperazine rings is 1. The van der Waals surface area contributed by atoms with Crippen molar-refractivity contribution in [2.75, 3.05) is 56.7 Å². The van der Waals surface area contributed by atoms with Crippen molar-refractivity contribution >= 4 is 17.3 Å². The average molecular weight is 399 g/mol. The van der Waals surface area contributed by atoms with Gasteiger partial charge in [-0.25, -0.2) is 0 Å². The number of methoxy groups -OCH3 is 1. The molecular formula is C22H29N3O4. The molecule has 1 atom stereocenters. The Balaban J connectivity index is 1.39. The molecule has 29 heavy (non-hydrogen) atoms. The van der Waals surface area contributed by atoms with Crippen LogP contribution in [0.15, 0.2) is 48.5 Å². The van der Waals surface area contributed by atoms with E-state index in [9.17, 15) is 9.90 Å². The van der Waals surface area contributed by atoms with Crippen LogP contribution >= 0.6 is 0 Å². The van der Waals surface area contributed by atoms with Crippen LogP contribution in [0.25, 0.3) is 0 Å². The minimum atomic E-state index is -0.558. The van der Waals surface area contributed by atoms with Crippen LogP contribution in [0.1, 0.15) is 6.92 Å². The van der Waals surface area contributed by atoms with E-state index in [1.807, 2.05) is 12.1 Å². The fraction of sp³-hybridized carbons (Fsp3) is 0.409. The van der Waals surface area contributed by atoms with Crippen LogP contribution in [0.2, 0.25) is 0 Å². The number of nitrogens with zero attached hydrogens (tertiary/aromatic N) is 2. The average Bonchev–Trinajstić information content (AvgIpc) is 2.73. The number of ether oxygens (including phenoxy) is 2. The molecule has 7 nitrogen and oxygen atoms in total. The zero-order chi connectivity index (χ0) is 20.6. The van der Waals surface area contributed by atoms with Gasteiger partial charge in [0.2, 0.25) is 5.91 Å². The van der Waals surface area contributed by atoms with Gasteiger partial charge < -0.3 is 24.8 Å². The van der Waals surface area contributed by atoms with Gasteiger partial charge in [0.15, 0.2) is 0 Å². The maximum absolute atomic E-state index is 11.0. The summed E-state index contributed by atoms with van der Waals surface area (Å²) in [6, 6.07) is 15.2. The van der Waals surface area contributed by atoms with E-state index in [2.05, 4.69) is 27.2 Å². The molecular weight excluding hydrogens is 370 g/mol. The Hall–Kier alpha value is -2.77. The van der Waals surface area contributed by atoms with Crippen LogP contribution in [-0.4, -0.2) is 68.5 Å². The van der Waals surface area contributed by atoms with E-state index in [1.165, 1.54) is 12.6 Å². The maximum atomic E-state index is 11.0. The SMILES string of the molecule is COc1ccc(N2CCN(C[C@@H](O)COc3ccc(NC(C)=O)cc3)CC2)cc1. The van der Waals surface area contributed by atoms with Gasteiger partial charge in [-0.05, 0) is 48.5 Å². The normalized spacial score (nSPS) is 15.6. The van der Waals surface area contributed by atoms with Crippen molar-refractivity contribution in [3.63, 3.8) is 0 Å². The van der Waals surface area contributed by atoms with Crippen LogP contribution in [0.4, 0.5) is 11.4 Å². The van der Waals surface area contributed by atoms with Crippen LogP contribution in [-0.2, 0) is 4.79 Å². The quantitative estimate of drug-likeness (QED) is 0.709. The minimum absolute atomic E-state index is 0.110. The third-order valence-corrected chi connectivity index (χ3v) is 4.90. The molecule has 1 heterocycles. The highest BCUT2D eigenvalue weighted by Gasteiger charge is 2.20. The molecule has 2 aromatic rings. The number of aliphatic hydroxyl groups excluding tert-OH is 1. The first kappa shape index (κ1) is 21.0. The van der Waals surface area contributed by atoms with E-state index in [-0.39, 0.29) is 12.5 Å². The predicted octanol–water partition coefficient (Wildman–Crippen LogP) is 2.22. The van der Waals surface area contributed by atoms with Crippen molar-refractivity contribution in [3.05, 3.63) is 48.5 Å². The van der Waals surface area contributed by atoms with Gasteiger partial charge in [-0.2, -0.15) is 0 Å². The van der Waals surface area contributed by atoms with Gasteiger partial charge in [0.25, 0.3) is 0 Å². The summed E-state index contributed by atoms with van der Waals surface area (Å²) in [7, 11) is 1.67. The Kier molecular flexibility index (Phi) is 7.32. The Labute approximate surface area is 171 Å². The zero-order valence-corrected chi connectivity index (χ0v) is 17.0. The number of carbonyl (C=O) groups excluding carboxylic acids is 1. The first-order valence-corrected chi connectivity index (χ1v) is 9.83. The molecule has 1 saturated heterocycles. The van der Waals surface area contributed by atoms with Crippen LogP contribution in [0.5, 0.6) is 11.5 Å². The van der Waals surface area contributed by atoms with Crippen molar-refractivity contribution < 1.29 is 19.4 Å². The third kappa shape index (κ3) is 6.37. The third-order valence-electron chi connectivity index (χ3n) is 4.90. The summed E-state index contributed by atoms with van der Waals surface area (Å²) in [5.74, 6) is 1.42. The van der Waals surface area contributed by atoms with Gasteiger partial charge in [0.1, 0.15) is 24.2 Å². The second-order valence-electron chi connectivity index (χ2n) is 7.16. The first-order chi connectivity index (χ1) is 14.0. The predicted molar refractivity (Wildman–Crippen MR) is 114 cm³/mol. The van der Waals surface area contributed by atoms with Crippen molar-refractivity contribution in [3.8, 4) is 11.5 Å². The number of amides is 1. The molecule has 0 spiro atoms. The van der Waals surface area contributed by atoms with E-state index in [1.54, 1.807) is 31.4 Å². The molecule has 0 aromatic heterocycles. The molecule has 0 saturated carbocycles. The molecule has 2 aromatic carbocycles. The van der Waals surface area contributed by atoms with Gasteiger partial charge >= 0.3 is 0 Å². The summed E-state index contributed by atoms with van der Waals surface area (Å²) in [4.78, 5) is 15.6. The van der Waals surface area contributed by atoms with E-state index in [4.69, 9.17) is 9.47 Å². The molecule has 1 amide bonds. The Morgan fingerprint density at radius 3 is 2.24 bits per heavy atom. The molecule has 1 aliphatic heterocycles. The van der Waals surface area contributed by atoms with E-state index in [0.717, 1.165) is 37.6 Å². The minimum Gasteiger partial charge on any atom is -0.497 e. The Morgan fingerprint density at radius 2 is 1.66 bits per heavy atom. The monoisotopic (exact) mass is 399 g/mol. The number of β-amino-alcohol motifs (C(OH)–C–C–N with tert-alkyl or cyclic N) is 1. The smallest absolute Gasteiger partial charge is 0.221 e. The number of benzene rings is 2. The molecule has 1 aliphatic rings. The molecule has 2 N–H and O–H groups in total. The molecule has 0 radical (unpaired) electrons. The fourth-order valence-corrected chi connectivity index (χ4v) is 3.36. The topological polar surface area (TPSA) is 74.3 Å². The largest absolute Gasteiger partial charge is 0.497 e. The number of rotatable bonds is 8. The lowest BCUT2D eigenvalue weighted by Gasteiger charge is -2.36. The summed E-state index contributed by atoms with van der Waals surface area (Å²) in [6.45, 7) is 5.92. The summed E-state index contributed by atoms with van der Waals surface area (Å²) in [5, 5.41) is 13.0. The van der Waals surface area contributed by atoms with Gasteiger partial charge in [-0.15, -0.1) is 0 Å². The fourth-order valence-electron chi connectivity index (χ4n) is 3.36. The van der Waals surface area contributed by atoms with Gasteiger partial charge in [-0.3, -0.25) is 9.69 Å². The molecule has 7 heteroatoms.